The van der Waals surface area contributed by atoms with Crippen LogP contribution in [0.1, 0.15) is 52.8 Å². The van der Waals surface area contributed by atoms with Crippen molar-refractivity contribution >= 4 is 44.2 Å². The first kappa shape index (κ1) is 35.1. The molecule has 2 aromatic rings. The zero-order valence-corrected chi connectivity index (χ0v) is 28.6. The van der Waals surface area contributed by atoms with E-state index in [1.807, 2.05) is 39.9 Å². The molecule has 4 heterocycles. The van der Waals surface area contributed by atoms with Gasteiger partial charge in [-0.3, -0.25) is 4.57 Å². The highest BCUT2D eigenvalue weighted by Gasteiger charge is 2.52. The Morgan fingerprint density at radius 2 is 1.93 bits per heavy atom. The lowest BCUT2D eigenvalue weighted by atomic mass is 10.1. The number of hydrogen-bond acceptors (Lipinski definition) is 10. The van der Waals surface area contributed by atoms with Crippen LogP contribution >= 0.6 is 19.2 Å². The fraction of sp³-hybridized carbons (Fsp3) is 0.741. The molecule has 17 heteroatoms. The van der Waals surface area contributed by atoms with Gasteiger partial charge in [-0.2, -0.15) is 10.4 Å². The van der Waals surface area contributed by atoms with Crippen molar-refractivity contribution in [2.24, 2.45) is 0 Å². The lowest BCUT2D eigenvalue weighted by Crippen LogP contribution is -2.49. The SMILES string of the molecule is CCOP(=O)(COC[C@H]1O[C@@H](n2ncc3c(N4CCC(F)(F)C4)c(C#N)c(Cl)nc32)[C@@H](F)[C@@H]1O[Si](C)(C)C(C)(C)C)OCC. The van der Waals surface area contributed by atoms with Crippen LogP contribution in [0.5, 0.6) is 0 Å². The molecule has 0 saturated carbocycles. The average molecular weight is 682 g/mol. The van der Waals surface area contributed by atoms with E-state index in [9.17, 15) is 18.6 Å². The Labute approximate surface area is 261 Å². The van der Waals surface area contributed by atoms with Crippen molar-refractivity contribution in [1.29, 1.82) is 5.26 Å². The normalized spacial score (nSPS) is 24.4. The number of nitrogens with zero attached hydrogens (tertiary/aromatic N) is 5. The number of alkyl halides is 3. The monoisotopic (exact) mass is 681 g/mol. The molecule has 0 aromatic carbocycles. The van der Waals surface area contributed by atoms with Crippen molar-refractivity contribution in [2.75, 3.05) is 44.2 Å². The first-order valence-corrected chi connectivity index (χ1v) is 19.5. The van der Waals surface area contributed by atoms with E-state index in [4.69, 9.17) is 34.5 Å². The molecule has 246 valence electrons. The quantitative estimate of drug-likeness (QED) is 0.136. The molecule has 11 nitrogen and oxygen atoms in total. The number of pyridine rings is 1. The third kappa shape index (κ3) is 7.13. The number of fused-ring (bicyclic) bond motifs is 1. The summed E-state index contributed by atoms with van der Waals surface area (Å²) in [6.07, 6.45) is -4.58. The highest BCUT2D eigenvalue weighted by molar-refractivity contribution is 7.53. The maximum absolute atomic E-state index is 16.5. The van der Waals surface area contributed by atoms with Gasteiger partial charge in [0.25, 0.3) is 5.92 Å². The highest BCUT2D eigenvalue weighted by atomic mass is 35.5. The zero-order chi connectivity index (χ0) is 32.7. The Morgan fingerprint density at radius 1 is 1.27 bits per heavy atom. The number of anilines is 1. The largest absolute Gasteiger partial charge is 0.408 e. The van der Waals surface area contributed by atoms with E-state index in [0.717, 1.165) is 0 Å². The van der Waals surface area contributed by atoms with E-state index >= 15 is 4.39 Å². The minimum Gasteiger partial charge on any atom is -0.408 e. The first-order valence-electron chi connectivity index (χ1n) is 14.5. The summed E-state index contributed by atoms with van der Waals surface area (Å²) in [7, 11) is -6.09. The van der Waals surface area contributed by atoms with Crippen molar-refractivity contribution in [3.63, 3.8) is 0 Å². The molecule has 2 aliphatic heterocycles. The Bertz CT molecular complexity index is 1430. The molecule has 0 unspecified atom stereocenters. The molecule has 2 saturated heterocycles. The second-order valence-corrected chi connectivity index (χ2v) is 19.5. The number of halogens is 4. The summed E-state index contributed by atoms with van der Waals surface area (Å²) in [5, 5.41) is 13.9. The van der Waals surface area contributed by atoms with E-state index < -0.39 is 53.0 Å². The van der Waals surface area contributed by atoms with E-state index in [2.05, 4.69) is 10.1 Å². The van der Waals surface area contributed by atoms with Crippen molar-refractivity contribution in [3.05, 3.63) is 16.9 Å². The molecular formula is C27H40ClF3N5O6PSi. The third-order valence-corrected chi connectivity index (χ3v) is 14.7. The molecule has 2 aromatic heterocycles. The van der Waals surface area contributed by atoms with Gasteiger partial charge in [-0.1, -0.05) is 32.4 Å². The summed E-state index contributed by atoms with van der Waals surface area (Å²) < 4.78 is 87.9. The predicted molar refractivity (Wildman–Crippen MR) is 162 cm³/mol. The van der Waals surface area contributed by atoms with Gasteiger partial charge in [-0.25, -0.2) is 22.8 Å². The number of hydrogen-bond donors (Lipinski definition) is 0. The molecule has 0 amide bonds. The number of nitriles is 1. The summed E-state index contributed by atoms with van der Waals surface area (Å²) >= 11 is 6.37. The second-order valence-electron chi connectivity index (χ2n) is 12.4. The van der Waals surface area contributed by atoms with Gasteiger partial charge in [0.2, 0.25) is 0 Å². The number of rotatable bonds is 12. The summed E-state index contributed by atoms with van der Waals surface area (Å²) in [5.74, 6) is -2.95. The lowest BCUT2D eigenvalue weighted by Gasteiger charge is -2.39. The summed E-state index contributed by atoms with van der Waals surface area (Å²) in [5.41, 5.74) is 0.159. The second kappa shape index (κ2) is 13.2. The molecule has 0 N–H and O–H groups in total. The van der Waals surface area contributed by atoms with Crippen LogP contribution in [0.2, 0.25) is 23.3 Å². The standard InChI is InChI=1S/C27H40ClF3N5O6PSi/c1-8-39-43(37,40-9-2)16-38-14-19-22(42-44(6,7)26(3,4)5)20(29)25(41-19)36-24-18(13-33-36)21(17(12-32)23(28)34-24)35-11-10-27(30,31)15-35/h13,19-20,22,25H,8-11,14-16H2,1-7H3/t19-,20+,22-,25-/m1/s1. The van der Waals surface area contributed by atoms with Crippen LogP contribution in [-0.2, 0) is 27.5 Å². The Kier molecular flexibility index (Phi) is 10.5. The molecule has 2 fully saturated rings. The fourth-order valence-corrected chi connectivity index (χ4v) is 7.89. The smallest absolute Gasteiger partial charge is 0.356 e. The summed E-state index contributed by atoms with van der Waals surface area (Å²) in [6, 6.07) is 1.96. The molecule has 44 heavy (non-hydrogen) atoms. The van der Waals surface area contributed by atoms with Crippen LogP contribution in [0.25, 0.3) is 11.0 Å². The van der Waals surface area contributed by atoms with Crippen LogP contribution in [0.15, 0.2) is 6.20 Å². The molecule has 0 spiro atoms. The van der Waals surface area contributed by atoms with Gasteiger partial charge in [0, 0.05) is 13.0 Å². The van der Waals surface area contributed by atoms with Crippen LogP contribution in [0, 0.1) is 11.3 Å². The van der Waals surface area contributed by atoms with Crippen molar-refractivity contribution < 1.29 is 40.7 Å². The van der Waals surface area contributed by atoms with Gasteiger partial charge in [0.1, 0.15) is 30.2 Å². The maximum Gasteiger partial charge on any atom is 0.356 e. The van der Waals surface area contributed by atoms with Gasteiger partial charge in [-0.05, 0) is 32.0 Å². The van der Waals surface area contributed by atoms with Crippen LogP contribution < -0.4 is 4.90 Å². The molecular weight excluding hydrogens is 642 g/mol. The molecule has 0 aliphatic carbocycles. The van der Waals surface area contributed by atoms with Crippen LogP contribution in [-0.4, -0.2) is 86.6 Å². The minimum atomic E-state index is -3.54. The number of aromatic nitrogens is 3. The van der Waals surface area contributed by atoms with E-state index in [1.165, 1.54) is 15.8 Å². The van der Waals surface area contributed by atoms with Gasteiger partial charge < -0.3 is 27.8 Å². The van der Waals surface area contributed by atoms with Gasteiger partial charge >= 0.3 is 7.60 Å². The predicted octanol–water partition coefficient (Wildman–Crippen LogP) is 6.67. The van der Waals surface area contributed by atoms with E-state index in [-0.39, 0.29) is 71.6 Å². The number of ether oxygens (including phenoxy) is 2. The van der Waals surface area contributed by atoms with Crippen molar-refractivity contribution in [1.82, 2.24) is 14.8 Å². The first-order chi connectivity index (χ1) is 20.5. The average Bonchev–Trinajstić information content (AvgIpc) is 3.58. The minimum absolute atomic E-state index is 0.0108. The Hall–Kier alpha value is -1.76. The van der Waals surface area contributed by atoms with Crippen molar-refractivity contribution in [3.8, 4) is 6.07 Å². The Balaban J connectivity index is 1.70. The summed E-state index contributed by atoms with van der Waals surface area (Å²) in [4.78, 5) is 5.68. The molecule has 2 aliphatic rings. The molecule has 0 bridgehead atoms. The van der Waals surface area contributed by atoms with Gasteiger partial charge in [0.15, 0.2) is 31.5 Å². The molecule has 0 radical (unpaired) electrons. The van der Waals surface area contributed by atoms with Gasteiger partial charge in [0.05, 0.1) is 43.6 Å². The fourth-order valence-electron chi connectivity index (χ4n) is 5.03. The van der Waals surface area contributed by atoms with E-state index in [1.54, 1.807) is 13.8 Å². The maximum atomic E-state index is 16.5. The molecule has 4 rings (SSSR count). The highest BCUT2D eigenvalue weighted by Crippen LogP contribution is 2.49. The topological polar surface area (TPSA) is 121 Å². The third-order valence-electron chi connectivity index (χ3n) is 8.20. The van der Waals surface area contributed by atoms with Crippen molar-refractivity contribution in [2.45, 2.75) is 89.7 Å². The van der Waals surface area contributed by atoms with Crippen LogP contribution in [0.4, 0.5) is 18.9 Å². The Morgan fingerprint density at radius 3 is 2.48 bits per heavy atom. The van der Waals surface area contributed by atoms with Gasteiger partial charge in [-0.15, -0.1) is 0 Å². The van der Waals surface area contributed by atoms with E-state index in [0.29, 0.717) is 0 Å². The van der Waals surface area contributed by atoms with Crippen LogP contribution in [0.3, 0.4) is 0 Å². The molecule has 4 atom stereocenters. The zero-order valence-electron chi connectivity index (χ0n) is 26.0. The lowest BCUT2D eigenvalue weighted by molar-refractivity contribution is -0.0612. The summed E-state index contributed by atoms with van der Waals surface area (Å²) in [6.45, 7) is 12.9.